The maximum atomic E-state index is 12.9. The van der Waals surface area contributed by atoms with Gasteiger partial charge in [-0.05, 0) is 55.3 Å². The van der Waals surface area contributed by atoms with Crippen molar-refractivity contribution < 1.29 is 14.0 Å². The molecular weight excluding hydrogens is 376 g/mol. The topological polar surface area (TPSA) is 62.6 Å². The molecule has 0 spiro atoms. The van der Waals surface area contributed by atoms with E-state index in [4.69, 9.17) is 4.42 Å². The van der Waals surface area contributed by atoms with Gasteiger partial charge in [-0.15, -0.1) is 0 Å². The molecule has 150 valence electrons. The molecule has 0 aliphatic carbocycles. The molecule has 5 nitrogen and oxygen atoms in total. The van der Waals surface area contributed by atoms with E-state index in [9.17, 15) is 9.59 Å². The van der Waals surface area contributed by atoms with Crippen molar-refractivity contribution >= 4 is 45.1 Å². The number of carbonyl (C=O) groups is 2. The van der Waals surface area contributed by atoms with Crippen LogP contribution in [0.1, 0.15) is 17.5 Å². The molecule has 0 bridgehead atoms. The van der Waals surface area contributed by atoms with Crippen LogP contribution in [-0.2, 0) is 9.59 Å². The number of nitrogens with zero attached hydrogens (tertiary/aromatic N) is 1. The first-order valence-corrected chi connectivity index (χ1v) is 10.1. The largest absolute Gasteiger partial charge is 0.456 e. The quantitative estimate of drug-likeness (QED) is 0.516. The van der Waals surface area contributed by atoms with Crippen LogP contribution < -0.4 is 10.2 Å². The van der Waals surface area contributed by atoms with Gasteiger partial charge in [0.1, 0.15) is 11.2 Å². The zero-order chi connectivity index (χ0) is 20.8. The number of hydrogen-bond donors (Lipinski definition) is 1. The summed E-state index contributed by atoms with van der Waals surface area (Å²) in [7, 11) is 0. The predicted molar refractivity (Wildman–Crippen MR) is 119 cm³/mol. The lowest BCUT2D eigenvalue weighted by molar-refractivity contribution is -0.122. The fourth-order valence-corrected chi connectivity index (χ4v) is 4.29. The number of fused-ring (bicyclic) bond motifs is 3. The van der Waals surface area contributed by atoms with E-state index >= 15 is 0 Å². The molecule has 1 fully saturated rings. The van der Waals surface area contributed by atoms with E-state index in [1.807, 2.05) is 68.4 Å². The lowest BCUT2D eigenvalue weighted by atomic mass is 10.1. The molecule has 1 saturated heterocycles. The van der Waals surface area contributed by atoms with Crippen LogP contribution in [0, 0.1) is 19.8 Å². The van der Waals surface area contributed by atoms with Crippen molar-refractivity contribution in [3.05, 3.63) is 71.8 Å². The van der Waals surface area contributed by atoms with Crippen molar-refractivity contribution in [3.8, 4) is 0 Å². The lowest BCUT2D eigenvalue weighted by Crippen LogP contribution is -2.28. The van der Waals surface area contributed by atoms with Crippen molar-refractivity contribution in [1.29, 1.82) is 0 Å². The molecule has 1 N–H and O–H groups in total. The van der Waals surface area contributed by atoms with Gasteiger partial charge in [0, 0.05) is 41.2 Å². The third-order valence-corrected chi connectivity index (χ3v) is 5.66. The number of amides is 2. The minimum atomic E-state index is -0.385. The second-order valence-electron chi connectivity index (χ2n) is 8.05. The van der Waals surface area contributed by atoms with Gasteiger partial charge in [-0.25, -0.2) is 0 Å². The molecule has 1 atom stereocenters. The summed E-state index contributed by atoms with van der Waals surface area (Å²) in [4.78, 5) is 27.1. The first kappa shape index (κ1) is 18.4. The van der Waals surface area contributed by atoms with E-state index in [0.29, 0.717) is 12.2 Å². The lowest BCUT2D eigenvalue weighted by Gasteiger charge is -2.18. The molecule has 5 rings (SSSR count). The molecule has 4 aromatic rings. The first-order chi connectivity index (χ1) is 14.5. The van der Waals surface area contributed by atoms with Crippen molar-refractivity contribution in [2.24, 2.45) is 5.92 Å². The van der Waals surface area contributed by atoms with Crippen LogP contribution in [0.15, 0.2) is 65.1 Å². The zero-order valence-corrected chi connectivity index (χ0v) is 16.9. The van der Waals surface area contributed by atoms with E-state index in [-0.39, 0.29) is 24.2 Å². The number of carbonyl (C=O) groups excluding carboxylic acids is 2. The Balaban J connectivity index is 1.35. The predicted octanol–water partition coefficient (Wildman–Crippen LogP) is 5.19. The summed E-state index contributed by atoms with van der Waals surface area (Å²) in [5.74, 6) is -0.553. The number of para-hydroxylation sites is 1. The van der Waals surface area contributed by atoms with Crippen molar-refractivity contribution in [2.75, 3.05) is 16.8 Å². The average Bonchev–Trinajstić information content (AvgIpc) is 3.27. The molecule has 30 heavy (non-hydrogen) atoms. The molecule has 1 aromatic heterocycles. The summed E-state index contributed by atoms with van der Waals surface area (Å²) >= 11 is 0. The minimum absolute atomic E-state index is 0.0205. The molecule has 0 saturated carbocycles. The highest BCUT2D eigenvalue weighted by Gasteiger charge is 2.35. The van der Waals surface area contributed by atoms with Gasteiger partial charge < -0.3 is 14.6 Å². The second kappa shape index (κ2) is 7.02. The molecule has 2 heterocycles. The molecular formula is C25H22N2O3. The third kappa shape index (κ3) is 3.22. The van der Waals surface area contributed by atoms with Crippen LogP contribution in [0.4, 0.5) is 11.4 Å². The van der Waals surface area contributed by atoms with Crippen LogP contribution in [0.2, 0.25) is 0 Å². The van der Waals surface area contributed by atoms with Gasteiger partial charge in [-0.2, -0.15) is 0 Å². The standard InChI is InChI=1S/C25H22N2O3/c1-15-9-16(2)11-19(10-15)27-14-17(12-24(27)28)25(29)26-18-7-8-21-20-5-3-4-6-22(20)30-23(21)13-18/h3-11,13,17H,12,14H2,1-2H3,(H,26,29)/t17-/m0/s1. The Bertz CT molecular complexity index is 1280. The molecule has 1 aliphatic rings. The summed E-state index contributed by atoms with van der Waals surface area (Å²) in [6.07, 6.45) is 0.214. The highest BCUT2D eigenvalue weighted by Crippen LogP contribution is 2.31. The zero-order valence-electron chi connectivity index (χ0n) is 16.9. The fourth-order valence-electron chi connectivity index (χ4n) is 4.29. The third-order valence-electron chi connectivity index (χ3n) is 5.66. The number of nitrogens with one attached hydrogen (secondary N) is 1. The van der Waals surface area contributed by atoms with Crippen molar-refractivity contribution in [1.82, 2.24) is 0 Å². The molecule has 0 unspecified atom stereocenters. The van der Waals surface area contributed by atoms with Gasteiger partial charge in [0.25, 0.3) is 0 Å². The van der Waals surface area contributed by atoms with Gasteiger partial charge in [-0.3, -0.25) is 9.59 Å². The number of hydrogen-bond acceptors (Lipinski definition) is 3. The van der Waals surface area contributed by atoms with Gasteiger partial charge in [0.15, 0.2) is 0 Å². The van der Waals surface area contributed by atoms with Crippen LogP contribution in [0.25, 0.3) is 21.9 Å². The van der Waals surface area contributed by atoms with E-state index in [0.717, 1.165) is 38.8 Å². The van der Waals surface area contributed by atoms with E-state index in [2.05, 4.69) is 11.4 Å². The molecule has 5 heteroatoms. The Hall–Kier alpha value is -3.60. The van der Waals surface area contributed by atoms with Crippen LogP contribution in [0.5, 0.6) is 0 Å². The van der Waals surface area contributed by atoms with Gasteiger partial charge >= 0.3 is 0 Å². The average molecular weight is 398 g/mol. The van der Waals surface area contributed by atoms with E-state index in [1.165, 1.54) is 0 Å². The number of aryl methyl sites for hydroxylation is 2. The number of benzene rings is 3. The van der Waals surface area contributed by atoms with Gasteiger partial charge in [0.05, 0.1) is 5.92 Å². The van der Waals surface area contributed by atoms with Gasteiger partial charge in [0.2, 0.25) is 11.8 Å². The van der Waals surface area contributed by atoms with Crippen molar-refractivity contribution in [3.63, 3.8) is 0 Å². The minimum Gasteiger partial charge on any atom is -0.456 e. The molecule has 1 aliphatic heterocycles. The van der Waals surface area contributed by atoms with E-state index < -0.39 is 0 Å². The summed E-state index contributed by atoms with van der Waals surface area (Å²) in [6.45, 7) is 4.41. The highest BCUT2D eigenvalue weighted by molar-refractivity contribution is 6.07. The summed E-state index contributed by atoms with van der Waals surface area (Å²) in [6, 6.07) is 19.6. The number of rotatable bonds is 3. The van der Waals surface area contributed by atoms with Crippen LogP contribution in [-0.4, -0.2) is 18.4 Å². The number of furan rings is 1. The van der Waals surface area contributed by atoms with Crippen molar-refractivity contribution in [2.45, 2.75) is 20.3 Å². The maximum Gasteiger partial charge on any atom is 0.229 e. The normalized spacial score (nSPS) is 16.5. The summed E-state index contributed by atoms with van der Waals surface area (Å²) in [5.41, 5.74) is 5.28. The molecule has 3 aromatic carbocycles. The smallest absolute Gasteiger partial charge is 0.229 e. The Labute approximate surface area is 174 Å². The summed E-state index contributed by atoms with van der Waals surface area (Å²) < 4.78 is 5.90. The fraction of sp³-hybridized carbons (Fsp3) is 0.200. The summed E-state index contributed by atoms with van der Waals surface area (Å²) in [5, 5.41) is 5.02. The van der Waals surface area contributed by atoms with Crippen LogP contribution >= 0.6 is 0 Å². The Morgan fingerprint density at radius 3 is 2.50 bits per heavy atom. The second-order valence-corrected chi connectivity index (χ2v) is 8.05. The Kier molecular flexibility index (Phi) is 4.31. The molecule has 2 amide bonds. The SMILES string of the molecule is Cc1cc(C)cc(N2C[C@@H](C(=O)Nc3ccc4c(c3)oc3ccccc34)CC2=O)c1. The first-order valence-electron chi connectivity index (χ1n) is 10.1. The van der Waals surface area contributed by atoms with Gasteiger partial charge in [-0.1, -0.05) is 24.3 Å². The highest BCUT2D eigenvalue weighted by atomic mass is 16.3. The van der Waals surface area contributed by atoms with E-state index in [1.54, 1.807) is 4.90 Å². The maximum absolute atomic E-state index is 12.9. The molecule has 0 radical (unpaired) electrons. The number of anilines is 2. The Morgan fingerprint density at radius 1 is 0.967 bits per heavy atom. The monoisotopic (exact) mass is 398 g/mol. The Morgan fingerprint density at radius 2 is 1.70 bits per heavy atom. The van der Waals surface area contributed by atoms with Crippen LogP contribution in [0.3, 0.4) is 0 Å².